The number of fused-ring (bicyclic) bond motifs is 1. The maximum Gasteiger partial charge on any atom is 0.263 e. The van der Waals surface area contributed by atoms with Gasteiger partial charge in [-0.3, -0.25) is 9.36 Å². The number of hydrogen-bond donors (Lipinski definition) is 0. The molecule has 0 radical (unpaired) electrons. The van der Waals surface area contributed by atoms with E-state index in [-0.39, 0.29) is 11.6 Å². The first-order valence-corrected chi connectivity index (χ1v) is 10.3. The van der Waals surface area contributed by atoms with Gasteiger partial charge in [0.15, 0.2) is 11.0 Å². The van der Waals surface area contributed by atoms with E-state index >= 15 is 0 Å². The molecule has 0 spiro atoms. The molecule has 0 bridgehead atoms. The number of aromatic nitrogens is 4. The van der Waals surface area contributed by atoms with E-state index in [9.17, 15) is 4.79 Å². The zero-order valence-electron chi connectivity index (χ0n) is 14.5. The summed E-state index contributed by atoms with van der Waals surface area (Å²) in [5.74, 6) is 1.71. The van der Waals surface area contributed by atoms with E-state index in [1.165, 1.54) is 24.6 Å². The van der Waals surface area contributed by atoms with Gasteiger partial charge >= 0.3 is 0 Å². The predicted molar refractivity (Wildman–Crippen MR) is 99.5 cm³/mol. The van der Waals surface area contributed by atoms with Crippen LogP contribution in [0.15, 0.2) is 14.5 Å². The second-order valence-electron chi connectivity index (χ2n) is 6.50. The molecule has 3 aromatic rings. The van der Waals surface area contributed by atoms with Gasteiger partial charge in [0, 0.05) is 10.9 Å². The summed E-state index contributed by atoms with van der Waals surface area (Å²) in [6.07, 6.45) is 4.43. The molecule has 0 aliphatic heterocycles. The third-order valence-corrected chi connectivity index (χ3v) is 6.83. The summed E-state index contributed by atoms with van der Waals surface area (Å²) in [5, 5.41) is 5.37. The molecule has 0 aromatic carbocycles. The van der Waals surface area contributed by atoms with Crippen LogP contribution in [0.1, 0.15) is 53.9 Å². The van der Waals surface area contributed by atoms with Crippen molar-refractivity contribution in [2.24, 2.45) is 0 Å². The fraction of sp³-hybridized carbons (Fsp3) is 0.529. The Bertz CT molecular complexity index is 983. The Balaban J connectivity index is 1.80. The van der Waals surface area contributed by atoms with Crippen LogP contribution in [-0.4, -0.2) is 19.7 Å². The number of rotatable bonds is 4. The summed E-state index contributed by atoms with van der Waals surface area (Å²) < 4.78 is 7.12. The molecule has 6 nitrogen and oxygen atoms in total. The number of nitrogens with zero attached hydrogens (tertiary/aromatic N) is 4. The van der Waals surface area contributed by atoms with Gasteiger partial charge < -0.3 is 4.52 Å². The molecule has 3 heterocycles. The molecule has 3 aromatic heterocycles. The van der Waals surface area contributed by atoms with Gasteiger partial charge in [-0.25, -0.2) is 4.98 Å². The minimum Gasteiger partial charge on any atom is -0.338 e. The van der Waals surface area contributed by atoms with Crippen LogP contribution in [0.3, 0.4) is 0 Å². The van der Waals surface area contributed by atoms with E-state index in [4.69, 9.17) is 9.51 Å². The standard InChI is InChI=1S/C17H20N4O2S2/c1-9-10(2)25-15-14(9)16(22)21(12-6-4-5-7-12)17(19-15)24-8-13-18-11(3)20-23-13/h12H,4-8H2,1-3H3. The summed E-state index contributed by atoms with van der Waals surface area (Å²) in [6, 6.07) is 0.246. The van der Waals surface area contributed by atoms with Crippen LogP contribution in [0.4, 0.5) is 0 Å². The summed E-state index contributed by atoms with van der Waals surface area (Å²) in [5.41, 5.74) is 1.16. The first kappa shape index (κ1) is 16.8. The largest absolute Gasteiger partial charge is 0.338 e. The average molecular weight is 377 g/mol. The van der Waals surface area contributed by atoms with E-state index in [2.05, 4.69) is 17.1 Å². The van der Waals surface area contributed by atoms with Gasteiger partial charge in [-0.05, 0) is 39.2 Å². The molecule has 1 aliphatic carbocycles. The van der Waals surface area contributed by atoms with Gasteiger partial charge in [0.2, 0.25) is 5.89 Å². The van der Waals surface area contributed by atoms with E-state index in [1.54, 1.807) is 18.3 Å². The average Bonchev–Trinajstić information content (AvgIpc) is 3.28. The van der Waals surface area contributed by atoms with Crippen molar-refractivity contribution in [2.75, 3.05) is 0 Å². The number of hydrogen-bond acceptors (Lipinski definition) is 7. The SMILES string of the molecule is Cc1noc(CSc2nc3sc(C)c(C)c3c(=O)n2C2CCCC2)n1. The quantitative estimate of drug-likeness (QED) is 0.502. The van der Waals surface area contributed by atoms with Crippen LogP contribution in [0.5, 0.6) is 0 Å². The zero-order valence-corrected chi connectivity index (χ0v) is 16.2. The third-order valence-electron chi connectivity index (χ3n) is 4.79. The topological polar surface area (TPSA) is 73.8 Å². The molecular formula is C17H20N4O2S2. The van der Waals surface area contributed by atoms with Gasteiger partial charge in [0.1, 0.15) is 4.83 Å². The summed E-state index contributed by atoms with van der Waals surface area (Å²) >= 11 is 3.10. The highest BCUT2D eigenvalue weighted by atomic mass is 32.2. The molecule has 0 N–H and O–H groups in total. The van der Waals surface area contributed by atoms with Gasteiger partial charge in [-0.1, -0.05) is 29.8 Å². The molecule has 0 amide bonds. The van der Waals surface area contributed by atoms with Gasteiger partial charge in [0.25, 0.3) is 5.56 Å². The minimum absolute atomic E-state index is 0.1000. The smallest absolute Gasteiger partial charge is 0.263 e. The van der Waals surface area contributed by atoms with E-state index in [0.29, 0.717) is 17.5 Å². The first-order chi connectivity index (χ1) is 12.0. The van der Waals surface area contributed by atoms with Gasteiger partial charge in [-0.2, -0.15) is 4.98 Å². The van der Waals surface area contributed by atoms with E-state index in [1.807, 2.05) is 11.5 Å². The number of aryl methyl sites for hydroxylation is 3. The molecule has 0 unspecified atom stereocenters. The maximum absolute atomic E-state index is 13.3. The predicted octanol–water partition coefficient (Wildman–Crippen LogP) is 4.17. The Kier molecular flexibility index (Phi) is 4.41. The molecule has 1 saturated carbocycles. The van der Waals surface area contributed by atoms with E-state index < -0.39 is 0 Å². The van der Waals surface area contributed by atoms with Crippen LogP contribution in [-0.2, 0) is 5.75 Å². The number of thioether (sulfide) groups is 1. The van der Waals surface area contributed by atoms with Crippen molar-refractivity contribution in [3.05, 3.63) is 32.5 Å². The van der Waals surface area contributed by atoms with Crippen LogP contribution in [0, 0.1) is 20.8 Å². The highest BCUT2D eigenvalue weighted by Gasteiger charge is 2.25. The molecule has 4 rings (SSSR count). The highest BCUT2D eigenvalue weighted by molar-refractivity contribution is 7.98. The molecule has 1 aliphatic rings. The summed E-state index contributed by atoms with van der Waals surface area (Å²) in [4.78, 5) is 24.3. The van der Waals surface area contributed by atoms with Crippen LogP contribution < -0.4 is 5.56 Å². The lowest BCUT2D eigenvalue weighted by molar-refractivity contribution is 0.386. The Morgan fingerprint density at radius 1 is 1.24 bits per heavy atom. The molecule has 25 heavy (non-hydrogen) atoms. The maximum atomic E-state index is 13.3. The lowest BCUT2D eigenvalue weighted by atomic mass is 10.2. The second kappa shape index (κ2) is 6.57. The van der Waals surface area contributed by atoms with Crippen molar-refractivity contribution in [3.8, 4) is 0 Å². The molecule has 1 fully saturated rings. The Morgan fingerprint density at radius 3 is 2.68 bits per heavy atom. The fourth-order valence-electron chi connectivity index (χ4n) is 3.40. The van der Waals surface area contributed by atoms with Crippen LogP contribution in [0.2, 0.25) is 0 Å². The lowest BCUT2D eigenvalue weighted by Gasteiger charge is -2.17. The zero-order chi connectivity index (χ0) is 17.6. The van der Waals surface area contributed by atoms with Crippen molar-refractivity contribution in [1.29, 1.82) is 0 Å². The molecule has 132 valence electrons. The molecule has 0 atom stereocenters. The lowest BCUT2D eigenvalue weighted by Crippen LogP contribution is -2.26. The van der Waals surface area contributed by atoms with E-state index in [0.717, 1.165) is 38.7 Å². The number of thiophene rings is 1. The van der Waals surface area contributed by atoms with Crippen LogP contribution >= 0.6 is 23.1 Å². The van der Waals surface area contributed by atoms with Crippen molar-refractivity contribution >= 4 is 33.3 Å². The highest BCUT2D eigenvalue weighted by Crippen LogP contribution is 2.35. The second-order valence-corrected chi connectivity index (χ2v) is 8.64. The third kappa shape index (κ3) is 3.01. The van der Waals surface area contributed by atoms with Crippen molar-refractivity contribution in [2.45, 2.75) is 63.4 Å². The first-order valence-electron chi connectivity index (χ1n) is 8.49. The fourth-order valence-corrected chi connectivity index (χ4v) is 5.37. The minimum atomic E-state index is 0.1000. The molecule has 8 heteroatoms. The molecule has 0 saturated heterocycles. The van der Waals surface area contributed by atoms with Gasteiger partial charge in [0.05, 0.1) is 11.1 Å². The van der Waals surface area contributed by atoms with Crippen molar-refractivity contribution in [1.82, 2.24) is 19.7 Å². The Labute approximate surface area is 153 Å². The summed E-state index contributed by atoms with van der Waals surface area (Å²) in [6.45, 7) is 5.87. The Hall–Kier alpha value is -1.67. The Morgan fingerprint density at radius 2 is 2.00 bits per heavy atom. The van der Waals surface area contributed by atoms with Gasteiger partial charge in [-0.15, -0.1) is 11.3 Å². The molecular weight excluding hydrogens is 356 g/mol. The van der Waals surface area contributed by atoms with Crippen molar-refractivity contribution in [3.63, 3.8) is 0 Å². The normalized spacial score (nSPS) is 15.5. The van der Waals surface area contributed by atoms with Crippen molar-refractivity contribution < 1.29 is 4.52 Å². The monoisotopic (exact) mass is 376 g/mol. The van der Waals surface area contributed by atoms with Crippen LogP contribution in [0.25, 0.3) is 10.2 Å². The summed E-state index contributed by atoms with van der Waals surface area (Å²) in [7, 11) is 0.